The normalized spacial score (nSPS) is 19.2. The van der Waals surface area contributed by atoms with E-state index >= 15 is 0 Å². The third kappa shape index (κ3) is 7.43. The maximum atomic E-state index is 12.7. The summed E-state index contributed by atoms with van der Waals surface area (Å²) in [6.45, 7) is 4.47. The molecule has 4 N–H and O–H groups in total. The van der Waals surface area contributed by atoms with Gasteiger partial charge in [0.05, 0.1) is 5.92 Å². The number of benzene rings is 1. The van der Waals surface area contributed by atoms with Crippen molar-refractivity contribution >= 4 is 29.3 Å². The van der Waals surface area contributed by atoms with Gasteiger partial charge in [0.1, 0.15) is 0 Å². The Morgan fingerprint density at radius 3 is 2.28 bits per heavy atom. The molecule has 1 saturated heterocycles. The summed E-state index contributed by atoms with van der Waals surface area (Å²) in [5, 5.41) is 11.5. The van der Waals surface area contributed by atoms with Gasteiger partial charge in [-0.3, -0.25) is 4.79 Å². The number of hydrogen-bond acceptors (Lipinski definition) is 3. The second kappa shape index (κ2) is 12.3. The molecule has 1 aromatic rings. The minimum atomic E-state index is -0.246. The van der Waals surface area contributed by atoms with Crippen LogP contribution in [-0.4, -0.2) is 49.0 Å². The predicted octanol–water partition coefficient (Wildman–Crippen LogP) is 4.16. The standard InChI is InChI=1S/C24H37N5O3/c1-2-14-25-23(31)27-20-10-12-21(13-11-20)28-24(32)29-15-6-9-19(17-29)22(30)26-16-18-7-4-3-5-8-18/h10-13,18-19H,2-9,14-17H2,1H3,(H,26,30)(H,28,32)(H2,25,27,31)/t19-/m1/s1. The summed E-state index contributed by atoms with van der Waals surface area (Å²) in [6.07, 6.45) is 8.77. The SMILES string of the molecule is CCCNC(=O)Nc1ccc(NC(=O)N2CCC[C@@H](C(=O)NCC3CCCCC3)C2)cc1. The van der Waals surface area contributed by atoms with Gasteiger partial charge in [0.2, 0.25) is 5.91 Å². The lowest BCUT2D eigenvalue weighted by molar-refractivity contribution is -0.126. The Bertz CT molecular complexity index is 761. The molecule has 0 radical (unpaired) electrons. The van der Waals surface area contributed by atoms with E-state index in [0.717, 1.165) is 25.8 Å². The van der Waals surface area contributed by atoms with E-state index in [4.69, 9.17) is 0 Å². The summed E-state index contributed by atoms with van der Waals surface area (Å²) in [6, 6.07) is 6.57. The molecule has 0 bridgehead atoms. The van der Waals surface area contributed by atoms with Crippen LogP contribution in [0.4, 0.5) is 21.0 Å². The summed E-state index contributed by atoms with van der Waals surface area (Å²) in [4.78, 5) is 38.8. The molecule has 1 saturated carbocycles. The highest BCUT2D eigenvalue weighted by Crippen LogP contribution is 2.23. The monoisotopic (exact) mass is 443 g/mol. The molecule has 3 rings (SSSR count). The number of anilines is 2. The van der Waals surface area contributed by atoms with Crippen LogP contribution in [0, 0.1) is 11.8 Å². The average molecular weight is 444 g/mol. The van der Waals surface area contributed by atoms with Gasteiger partial charge in [0.25, 0.3) is 0 Å². The Balaban J connectivity index is 1.44. The molecule has 1 aliphatic heterocycles. The molecule has 2 aliphatic rings. The van der Waals surface area contributed by atoms with E-state index in [0.29, 0.717) is 36.9 Å². The second-order valence-corrected chi connectivity index (χ2v) is 8.92. The summed E-state index contributed by atoms with van der Waals surface area (Å²) in [5.41, 5.74) is 1.31. The van der Waals surface area contributed by atoms with Crippen LogP contribution in [0.5, 0.6) is 0 Å². The molecule has 0 aromatic heterocycles. The van der Waals surface area contributed by atoms with E-state index in [-0.39, 0.29) is 23.9 Å². The molecule has 5 amide bonds. The fourth-order valence-electron chi connectivity index (χ4n) is 4.41. The smallest absolute Gasteiger partial charge is 0.321 e. The van der Waals surface area contributed by atoms with Gasteiger partial charge in [-0.1, -0.05) is 26.2 Å². The van der Waals surface area contributed by atoms with Crippen molar-refractivity contribution in [2.75, 3.05) is 36.8 Å². The lowest BCUT2D eigenvalue weighted by Crippen LogP contribution is -2.47. The molecule has 2 fully saturated rings. The number of urea groups is 2. The Labute approximate surface area is 190 Å². The molecule has 1 atom stereocenters. The van der Waals surface area contributed by atoms with E-state index < -0.39 is 0 Å². The first-order valence-corrected chi connectivity index (χ1v) is 12.0. The molecule has 32 heavy (non-hydrogen) atoms. The molecule has 1 aliphatic carbocycles. The Kier molecular flexibility index (Phi) is 9.19. The Morgan fingerprint density at radius 2 is 1.59 bits per heavy atom. The van der Waals surface area contributed by atoms with Crippen LogP contribution in [-0.2, 0) is 4.79 Å². The molecule has 1 aromatic carbocycles. The first-order chi connectivity index (χ1) is 15.5. The fourth-order valence-corrected chi connectivity index (χ4v) is 4.41. The number of carbonyl (C=O) groups excluding carboxylic acids is 3. The lowest BCUT2D eigenvalue weighted by atomic mass is 9.89. The molecule has 0 spiro atoms. The highest BCUT2D eigenvalue weighted by molar-refractivity contribution is 5.92. The first-order valence-electron chi connectivity index (χ1n) is 12.0. The average Bonchev–Trinajstić information content (AvgIpc) is 2.83. The van der Waals surface area contributed by atoms with Crippen LogP contribution in [0.3, 0.4) is 0 Å². The minimum Gasteiger partial charge on any atom is -0.356 e. The van der Waals surface area contributed by atoms with Crippen molar-refractivity contribution in [3.05, 3.63) is 24.3 Å². The number of carbonyl (C=O) groups is 3. The Hall–Kier alpha value is -2.77. The second-order valence-electron chi connectivity index (χ2n) is 8.92. The fraction of sp³-hybridized carbons (Fsp3) is 0.625. The first kappa shape index (κ1) is 23.9. The third-order valence-electron chi connectivity index (χ3n) is 6.30. The van der Waals surface area contributed by atoms with Gasteiger partial charge < -0.3 is 26.2 Å². The number of hydrogen-bond donors (Lipinski definition) is 4. The highest BCUT2D eigenvalue weighted by atomic mass is 16.2. The number of nitrogens with one attached hydrogen (secondary N) is 4. The quantitative estimate of drug-likeness (QED) is 0.509. The number of nitrogens with zero attached hydrogens (tertiary/aromatic N) is 1. The van der Waals surface area contributed by atoms with Crippen molar-refractivity contribution < 1.29 is 14.4 Å². The van der Waals surface area contributed by atoms with Gasteiger partial charge in [0.15, 0.2) is 0 Å². The zero-order valence-corrected chi connectivity index (χ0v) is 19.1. The summed E-state index contributed by atoms with van der Waals surface area (Å²) in [7, 11) is 0. The van der Waals surface area contributed by atoms with E-state index in [1.54, 1.807) is 29.2 Å². The summed E-state index contributed by atoms with van der Waals surface area (Å²) in [5.74, 6) is 0.530. The number of rotatable bonds is 7. The molecule has 8 heteroatoms. The topological polar surface area (TPSA) is 103 Å². The van der Waals surface area contributed by atoms with Gasteiger partial charge in [-0.05, 0) is 62.3 Å². The molecule has 176 valence electrons. The lowest BCUT2D eigenvalue weighted by Gasteiger charge is -2.32. The van der Waals surface area contributed by atoms with Crippen molar-refractivity contribution in [3.8, 4) is 0 Å². The van der Waals surface area contributed by atoms with Crippen molar-refractivity contribution in [1.29, 1.82) is 0 Å². The van der Waals surface area contributed by atoms with E-state index in [9.17, 15) is 14.4 Å². The zero-order valence-electron chi connectivity index (χ0n) is 19.1. The number of piperidine rings is 1. The molecule has 0 unspecified atom stereocenters. The van der Waals surface area contributed by atoms with Crippen LogP contribution in [0.1, 0.15) is 58.3 Å². The van der Waals surface area contributed by atoms with Crippen molar-refractivity contribution in [1.82, 2.24) is 15.5 Å². The van der Waals surface area contributed by atoms with Gasteiger partial charge in [0, 0.05) is 37.6 Å². The minimum absolute atomic E-state index is 0.0739. The molecule has 8 nitrogen and oxygen atoms in total. The zero-order chi connectivity index (χ0) is 22.8. The highest BCUT2D eigenvalue weighted by Gasteiger charge is 2.29. The van der Waals surface area contributed by atoms with Crippen molar-refractivity contribution in [3.63, 3.8) is 0 Å². The van der Waals surface area contributed by atoms with Crippen molar-refractivity contribution in [2.24, 2.45) is 11.8 Å². The van der Waals surface area contributed by atoms with Crippen LogP contribution in [0.15, 0.2) is 24.3 Å². The number of amides is 5. The molecule has 1 heterocycles. The molecular formula is C24H37N5O3. The molecular weight excluding hydrogens is 406 g/mol. The van der Waals surface area contributed by atoms with Gasteiger partial charge in [-0.2, -0.15) is 0 Å². The Morgan fingerprint density at radius 1 is 0.906 bits per heavy atom. The van der Waals surface area contributed by atoms with E-state index in [1.807, 2.05) is 6.92 Å². The van der Waals surface area contributed by atoms with Gasteiger partial charge >= 0.3 is 12.1 Å². The summed E-state index contributed by atoms with van der Waals surface area (Å²) < 4.78 is 0. The van der Waals surface area contributed by atoms with Crippen LogP contribution in [0.25, 0.3) is 0 Å². The van der Waals surface area contributed by atoms with Crippen LogP contribution < -0.4 is 21.3 Å². The van der Waals surface area contributed by atoms with Crippen LogP contribution >= 0.6 is 0 Å². The van der Waals surface area contributed by atoms with Gasteiger partial charge in [-0.25, -0.2) is 9.59 Å². The van der Waals surface area contributed by atoms with E-state index in [2.05, 4.69) is 21.3 Å². The maximum absolute atomic E-state index is 12.7. The van der Waals surface area contributed by atoms with Crippen molar-refractivity contribution in [2.45, 2.75) is 58.3 Å². The predicted molar refractivity (Wildman–Crippen MR) is 127 cm³/mol. The van der Waals surface area contributed by atoms with E-state index in [1.165, 1.54) is 32.1 Å². The largest absolute Gasteiger partial charge is 0.356 e. The van der Waals surface area contributed by atoms with Gasteiger partial charge in [-0.15, -0.1) is 0 Å². The maximum Gasteiger partial charge on any atom is 0.321 e. The van der Waals surface area contributed by atoms with Crippen LogP contribution in [0.2, 0.25) is 0 Å². The third-order valence-corrected chi connectivity index (χ3v) is 6.30. The number of likely N-dealkylation sites (tertiary alicyclic amines) is 1. The summed E-state index contributed by atoms with van der Waals surface area (Å²) >= 11 is 0.